The molecule has 4 aromatic rings. The summed E-state index contributed by atoms with van der Waals surface area (Å²) in [6.07, 6.45) is 1.60. The molecule has 4 rings (SSSR count). The highest BCUT2D eigenvalue weighted by Crippen LogP contribution is 2.35. The number of halogens is 1. The van der Waals surface area contributed by atoms with Crippen molar-refractivity contribution in [1.82, 2.24) is 20.1 Å². The third-order valence-electron chi connectivity index (χ3n) is 6.13. The molecule has 2 aromatic heterocycles. The molecule has 0 aliphatic carbocycles. The molecule has 3 amide bonds. The molecule has 0 fully saturated rings. The van der Waals surface area contributed by atoms with Crippen molar-refractivity contribution in [3.05, 3.63) is 64.9 Å². The molecule has 0 bridgehead atoms. The van der Waals surface area contributed by atoms with E-state index in [2.05, 4.69) is 26.0 Å². The van der Waals surface area contributed by atoms with Gasteiger partial charge >= 0.3 is 6.03 Å². The molecular weight excluding hydrogens is 548 g/mol. The van der Waals surface area contributed by atoms with Crippen molar-refractivity contribution in [3.63, 3.8) is 0 Å². The minimum absolute atomic E-state index is 0.155. The molecule has 0 aliphatic rings. The quantitative estimate of drug-likeness (QED) is 0.215. The summed E-state index contributed by atoms with van der Waals surface area (Å²) in [5, 5.41) is 13.5. The van der Waals surface area contributed by atoms with E-state index >= 15 is 0 Å². The largest absolute Gasteiger partial charge is 0.490 e. The monoisotopic (exact) mass is 580 g/mol. The van der Waals surface area contributed by atoms with Crippen LogP contribution in [0.2, 0.25) is 5.02 Å². The minimum Gasteiger partial charge on any atom is -0.490 e. The number of rotatable bonds is 9. The zero-order valence-electron chi connectivity index (χ0n) is 23.8. The second-order valence-corrected chi connectivity index (χ2v) is 10.6. The maximum absolute atomic E-state index is 12.7. The van der Waals surface area contributed by atoms with E-state index in [1.54, 1.807) is 68.5 Å². The van der Waals surface area contributed by atoms with Crippen LogP contribution in [0.3, 0.4) is 0 Å². The number of aromatic nitrogens is 3. The lowest BCUT2D eigenvalue weighted by Gasteiger charge is -2.15. The van der Waals surface area contributed by atoms with Crippen LogP contribution in [0, 0.1) is 0 Å². The van der Waals surface area contributed by atoms with Gasteiger partial charge in [-0.25, -0.2) is 4.79 Å². The highest BCUT2D eigenvalue weighted by Gasteiger charge is 2.20. The highest BCUT2D eigenvalue weighted by atomic mass is 35.5. The lowest BCUT2D eigenvalue weighted by molar-refractivity contribution is 0.0955. The Labute approximate surface area is 243 Å². The van der Waals surface area contributed by atoms with Crippen LogP contribution in [0.1, 0.15) is 36.8 Å². The second kappa shape index (κ2) is 12.4. The molecule has 0 atom stereocenters. The van der Waals surface area contributed by atoms with Gasteiger partial charge in [-0.2, -0.15) is 5.10 Å². The van der Waals surface area contributed by atoms with Crippen molar-refractivity contribution in [1.29, 1.82) is 0 Å². The number of carbonyl (C=O) groups is 2. The van der Waals surface area contributed by atoms with Crippen molar-refractivity contribution >= 4 is 45.9 Å². The highest BCUT2D eigenvalue weighted by molar-refractivity contribution is 6.34. The van der Waals surface area contributed by atoms with E-state index in [-0.39, 0.29) is 23.0 Å². The van der Waals surface area contributed by atoms with Crippen molar-refractivity contribution in [2.24, 2.45) is 7.05 Å². The number of aryl methyl sites for hydroxylation is 1. The van der Waals surface area contributed by atoms with Crippen LogP contribution in [0.15, 0.2) is 48.7 Å². The number of fused-ring (bicyclic) bond motifs is 1. The third-order valence-corrected chi connectivity index (χ3v) is 6.44. The Kier molecular flexibility index (Phi) is 8.99. The number of carbonyl (C=O) groups excluding carboxylic acids is 2. The molecule has 41 heavy (non-hydrogen) atoms. The summed E-state index contributed by atoms with van der Waals surface area (Å²) in [4.78, 5) is 29.7. The van der Waals surface area contributed by atoms with Gasteiger partial charge in [-0.3, -0.25) is 19.8 Å². The Morgan fingerprint density at radius 2 is 1.80 bits per heavy atom. The zero-order chi connectivity index (χ0) is 29.7. The molecule has 0 aliphatic heterocycles. The van der Waals surface area contributed by atoms with Gasteiger partial charge in [0.1, 0.15) is 29.7 Å². The summed E-state index contributed by atoms with van der Waals surface area (Å²) < 4.78 is 18.5. The third kappa shape index (κ3) is 7.05. The van der Waals surface area contributed by atoms with Crippen LogP contribution in [-0.2, 0) is 17.2 Å². The van der Waals surface area contributed by atoms with Crippen LogP contribution in [0.5, 0.6) is 17.2 Å². The van der Waals surface area contributed by atoms with Gasteiger partial charge in [-0.15, -0.1) is 0 Å². The summed E-state index contributed by atoms with van der Waals surface area (Å²) in [6, 6.07) is 11.3. The van der Waals surface area contributed by atoms with Gasteiger partial charge < -0.3 is 24.8 Å². The second-order valence-electron chi connectivity index (χ2n) is 10.2. The van der Waals surface area contributed by atoms with E-state index in [1.807, 2.05) is 26.8 Å². The standard InChI is InChI=1S/C29H33ClN6O5/c1-29(2,3)25-16-26(36(5)35-25)34-28(38)33-21-8-7-17(13-20(21)30)41-23-9-10-32-22-15-24(40-12-11-39-6)19(14-18(22)23)27(37)31-4/h7-10,13-16H,11-12H2,1-6H3,(H,31,37)(H2,33,34,38). The molecule has 0 saturated carbocycles. The molecule has 0 spiro atoms. The number of amides is 3. The Morgan fingerprint density at radius 3 is 2.46 bits per heavy atom. The van der Waals surface area contributed by atoms with E-state index in [9.17, 15) is 9.59 Å². The molecule has 2 heterocycles. The Balaban J connectivity index is 1.53. The number of nitrogens with zero attached hydrogens (tertiary/aromatic N) is 3. The predicted molar refractivity (Wildman–Crippen MR) is 159 cm³/mol. The maximum Gasteiger partial charge on any atom is 0.324 e. The predicted octanol–water partition coefficient (Wildman–Crippen LogP) is 5.74. The molecule has 2 aromatic carbocycles. The molecule has 0 saturated heterocycles. The van der Waals surface area contributed by atoms with Crippen LogP contribution in [0.25, 0.3) is 10.9 Å². The number of methoxy groups -OCH3 is 1. The normalized spacial score (nSPS) is 11.3. The molecule has 0 unspecified atom stereocenters. The zero-order valence-corrected chi connectivity index (χ0v) is 24.5. The number of nitrogens with one attached hydrogen (secondary N) is 3. The molecule has 0 radical (unpaired) electrons. The average Bonchev–Trinajstić information content (AvgIpc) is 3.30. The van der Waals surface area contributed by atoms with Crippen LogP contribution in [0.4, 0.5) is 16.3 Å². The lowest BCUT2D eigenvalue weighted by atomic mass is 9.92. The first kappa shape index (κ1) is 29.6. The van der Waals surface area contributed by atoms with Gasteiger partial charge in [-0.05, 0) is 24.3 Å². The van der Waals surface area contributed by atoms with Crippen LogP contribution in [-0.4, -0.2) is 54.1 Å². The summed E-state index contributed by atoms with van der Waals surface area (Å²) in [5.74, 6) is 1.51. The number of anilines is 2. The minimum atomic E-state index is -0.464. The molecule has 12 heteroatoms. The topological polar surface area (TPSA) is 129 Å². The summed E-state index contributed by atoms with van der Waals surface area (Å²) in [5.41, 5.74) is 2.01. The van der Waals surface area contributed by atoms with E-state index in [0.717, 1.165) is 5.69 Å². The summed E-state index contributed by atoms with van der Waals surface area (Å²) >= 11 is 6.49. The fourth-order valence-electron chi connectivity index (χ4n) is 3.91. The van der Waals surface area contributed by atoms with Gasteiger partial charge in [0.05, 0.1) is 34.1 Å². The van der Waals surface area contributed by atoms with Gasteiger partial charge in [0.25, 0.3) is 5.91 Å². The fourth-order valence-corrected chi connectivity index (χ4v) is 4.13. The molecule has 11 nitrogen and oxygen atoms in total. The number of hydrogen-bond acceptors (Lipinski definition) is 7. The fraction of sp³-hybridized carbons (Fsp3) is 0.310. The van der Waals surface area contributed by atoms with Gasteiger partial charge in [0, 0.05) is 56.4 Å². The van der Waals surface area contributed by atoms with Gasteiger partial charge in [-0.1, -0.05) is 32.4 Å². The van der Waals surface area contributed by atoms with Crippen molar-refractivity contribution < 1.29 is 23.8 Å². The molecular formula is C29H33ClN6O5. The first-order valence-electron chi connectivity index (χ1n) is 12.9. The Morgan fingerprint density at radius 1 is 1.02 bits per heavy atom. The Hall–Kier alpha value is -4.35. The number of ether oxygens (including phenoxy) is 3. The maximum atomic E-state index is 12.7. The number of benzene rings is 2. The number of pyridine rings is 1. The summed E-state index contributed by atoms with van der Waals surface area (Å²) in [6.45, 7) is 6.80. The summed E-state index contributed by atoms with van der Waals surface area (Å²) in [7, 11) is 4.88. The van der Waals surface area contributed by atoms with E-state index < -0.39 is 6.03 Å². The first-order chi connectivity index (χ1) is 19.5. The van der Waals surface area contributed by atoms with E-state index in [1.165, 1.54) is 0 Å². The Bertz CT molecular complexity index is 1580. The average molecular weight is 581 g/mol. The number of hydrogen-bond donors (Lipinski definition) is 3. The lowest BCUT2D eigenvalue weighted by Crippen LogP contribution is -2.21. The SMILES string of the molecule is CNC(=O)c1cc2c(Oc3ccc(NC(=O)Nc4cc(C(C)(C)C)nn4C)c(Cl)c3)ccnc2cc1OCCOC. The van der Waals surface area contributed by atoms with Crippen molar-refractivity contribution in [2.45, 2.75) is 26.2 Å². The van der Waals surface area contributed by atoms with E-state index in [4.69, 9.17) is 25.8 Å². The van der Waals surface area contributed by atoms with Crippen molar-refractivity contribution in [2.75, 3.05) is 38.0 Å². The molecule has 216 valence electrons. The van der Waals surface area contributed by atoms with Crippen LogP contribution >= 0.6 is 11.6 Å². The number of urea groups is 1. The van der Waals surface area contributed by atoms with Gasteiger partial charge in [0.2, 0.25) is 0 Å². The van der Waals surface area contributed by atoms with Gasteiger partial charge in [0.15, 0.2) is 0 Å². The van der Waals surface area contributed by atoms with E-state index in [0.29, 0.717) is 51.8 Å². The van der Waals surface area contributed by atoms with Crippen LogP contribution < -0.4 is 25.4 Å². The molecule has 3 N–H and O–H groups in total. The smallest absolute Gasteiger partial charge is 0.324 e. The van der Waals surface area contributed by atoms with Crippen molar-refractivity contribution in [3.8, 4) is 17.2 Å². The first-order valence-corrected chi connectivity index (χ1v) is 13.2.